The highest BCUT2D eigenvalue weighted by molar-refractivity contribution is 6.06. The monoisotopic (exact) mass is 356 g/mol. The van der Waals surface area contributed by atoms with Gasteiger partial charge in [0.15, 0.2) is 0 Å². The number of para-hydroxylation sites is 1. The third-order valence-electron chi connectivity index (χ3n) is 4.50. The second-order valence-corrected chi connectivity index (χ2v) is 6.55. The number of furan rings is 1. The lowest BCUT2D eigenvalue weighted by Gasteiger charge is -2.23. The van der Waals surface area contributed by atoms with E-state index in [9.17, 15) is 4.79 Å². The normalized spacial score (nSPS) is 10.9. The number of amides is 1. The molecule has 0 N–H and O–H groups in total. The van der Waals surface area contributed by atoms with Gasteiger partial charge in [-0.2, -0.15) is 0 Å². The smallest absolute Gasteiger partial charge is 0.255 e. The van der Waals surface area contributed by atoms with Gasteiger partial charge in [-0.05, 0) is 36.8 Å². The van der Waals surface area contributed by atoms with Crippen molar-refractivity contribution in [3.8, 4) is 0 Å². The van der Waals surface area contributed by atoms with Gasteiger partial charge in [0.05, 0.1) is 23.9 Å². The molecular formula is C23H20N2O2. The zero-order chi connectivity index (χ0) is 18.6. The zero-order valence-corrected chi connectivity index (χ0v) is 15.1. The van der Waals surface area contributed by atoms with Gasteiger partial charge in [-0.3, -0.25) is 9.78 Å². The van der Waals surface area contributed by atoms with Crippen molar-refractivity contribution in [1.82, 2.24) is 9.88 Å². The Morgan fingerprint density at radius 1 is 0.963 bits per heavy atom. The first-order valence-corrected chi connectivity index (χ1v) is 8.93. The Morgan fingerprint density at radius 3 is 2.52 bits per heavy atom. The minimum absolute atomic E-state index is 0.0306. The quantitative estimate of drug-likeness (QED) is 0.507. The predicted octanol–water partition coefficient (Wildman–Crippen LogP) is 4.98. The van der Waals surface area contributed by atoms with Crippen LogP contribution in [0.5, 0.6) is 0 Å². The number of benzene rings is 2. The van der Waals surface area contributed by atoms with Crippen LogP contribution in [0.25, 0.3) is 10.9 Å². The molecule has 0 aliphatic carbocycles. The van der Waals surface area contributed by atoms with E-state index in [0.717, 1.165) is 27.9 Å². The number of carbonyl (C=O) groups is 1. The van der Waals surface area contributed by atoms with Crippen LogP contribution >= 0.6 is 0 Å². The first-order valence-electron chi connectivity index (χ1n) is 8.93. The molecule has 2 aromatic heterocycles. The summed E-state index contributed by atoms with van der Waals surface area (Å²) in [5.41, 5.74) is 3.40. The predicted molar refractivity (Wildman–Crippen MR) is 105 cm³/mol. The van der Waals surface area contributed by atoms with Crippen molar-refractivity contribution in [3.63, 3.8) is 0 Å². The number of hydrogen-bond acceptors (Lipinski definition) is 3. The van der Waals surface area contributed by atoms with Crippen LogP contribution in [-0.4, -0.2) is 15.8 Å². The molecule has 2 heterocycles. The van der Waals surface area contributed by atoms with Crippen molar-refractivity contribution in [2.24, 2.45) is 0 Å². The van der Waals surface area contributed by atoms with Gasteiger partial charge in [0.2, 0.25) is 0 Å². The van der Waals surface area contributed by atoms with Crippen LogP contribution in [0.3, 0.4) is 0 Å². The molecule has 0 saturated heterocycles. The summed E-state index contributed by atoms with van der Waals surface area (Å²) >= 11 is 0. The Hall–Kier alpha value is -3.40. The van der Waals surface area contributed by atoms with Crippen molar-refractivity contribution >= 4 is 16.8 Å². The lowest BCUT2D eigenvalue weighted by Crippen LogP contribution is -2.30. The Morgan fingerprint density at radius 2 is 1.74 bits per heavy atom. The van der Waals surface area contributed by atoms with Gasteiger partial charge in [0.25, 0.3) is 5.91 Å². The zero-order valence-electron chi connectivity index (χ0n) is 15.1. The highest BCUT2D eigenvalue weighted by Gasteiger charge is 2.20. The fourth-order valence-electron chi connectivity index (χ4n) is 3.25. The van der Waals surface area contributed by atoms with E-state index in [0.29, 0.717) is 18.7 Å². The summed E-state index contributed by atoms with van der Waals surface area (Å²) in [6.07, 6.45) is 1.63. The average Bonchev–Trinajstić information content (AvgIpc) is 3.20. The maximum absolute atomic E-state index is 13.5. The molecule has 1 amide bonds. The largest absolute Gasteiger partial charge is 0.467 e. The third kappa shape index (κ3) is 3.75. The molecule has 0 bridgehead atoms. The maximum atomic E-state index is 13.5. The molecule has 134 valence electrons. The van der Waals surface area contributed by atoms with E-state index in [1.54, 1.807) is 6.26 Å². The van der Waals surface area contributed by atoms with E-state index in [-0.39, 0.29) is 5.91 Å². The summed E-state index contributed by atoms with van der Waals surface area (Å²) in [7, 11) is 0. The molecule has 0 aliphatic rings. The second-order valence-electron chi connectivity index (χ2n) is 6.55. The Bertz CT molecular complexity index is 1060. The van der Waals surface area contributed by atoms with E-state index in [1.807, 2.05) is 84.6 Å². The van der Waals surface area contributed by atoms with Crippen LogP contribution in [0.4, 0.5) is 0 Å². The Kier molecular flexibility index (Phi) is 4.71. The van der Waals surface area contributed by atoms with Gasteiger partial charge in [-0.15, -0.1) is 0 Å². The number of rotatable bonds is 5. The lowest BCUT2D eigenvalue weighted by molar-refractivity contribution is 0.0719. The Labute approximate surface area is 158 Å². The second kappa shape index (κ2) is 7.46. The molecule has 0 fully saturated rings. The summed E-state index contributed by atoms with van der Waals surface area (Å²) in [4.78, 5) is 19.9. The molecule has 0 saturated carbocycles. The van der Waals surface area contributed by atoms with Gasteiger partial charge < -0.3 is 9.32 Å². The molecule has 4 aromatic rings. The fraction of sp³-hybridized carbons (Fsp3) is 0.130. The number of fused-ring (bicyclic) bond motifs is 1. The van der Waals surface area contributed by atoms with E-state index >= 15 is 0 Å². The third-order valence-corrected chi connectivity index (χ3v) is 4.50. The standard InChI is InChI=1S/C23H20N2O2/c1-17-14-21(20-11-5-6-12-22(20)24-17)23(26)25(16-19-10-7-13-27-19)15-18-8-3-2-4-9-18/h2-14H,15-16H2,1H3. The number of hydrogen-bond donors (Lipinski definition) is 0. The highest BCUT2D eigenvalue weighted by atomic mass is 16.3. The minimum Gasteiger partial charge on any atom is -0.467 e. The van der Waals surface area contributed by atoms with Gasteiger partial charge in [-0.1, -0.05) is 48.5 Å². The van der Waals surface area contributed by atoms with Crippen LogP contribution in [-0.2, 0) is 13.1 Å². The summed E-state index contributed by atoms with van der Waals surface area (Å²) < 4.78 is 5.49. The van der Waals surface area contributed by atoms with Crippen molar-refractivity contribution in [3.05, 3.63) is 102 Å². The van der Waals surface area contributed by atoms with Crippen molar-refractivity contribution < 1.29 is 9.21 Å². The number of nitrogens with zero attached hydrogens (tertiary/aromatic N) is 2. The SMILES string of the molecule is Cc1cc(C(=O)N(Cc2ccccc2)Cc2ccco2)c2ccccc2n1. The van der Waals surface area contributed by atoms with Crippen LogP contribution in [0.1, 0.15) is 27.4 Å². The molecule has 0 aliphatic heterocycles. The number of aryl methyl sites for hydroxylation is 1. The van der Waals surface area contributed by atoms with Gasteiger partial charge in [0, 0.05) is 17.6 Å². The molecule has 0 radical (unpaired) electrons. The molecular weight excluding hydrogens is 336 g/mol. The lowest BCUT2D eigenvalue weighted by atomic mass is 10.1. The number of pyridine rings is 1. The van der Waals surface area contributed by atoms with E-state index in [1.165, 1.54) is 0 Å². The summed E-state index contributed by atoms with van der Waals surface area (Å²) in [6, 6.07) is 23.3. The fourth-order valence-corrected chi connectivity index (χ4v) is 3.25. The molecule has 0 unspecified atom stereocenters. The first kappa shape index (κ1) is 17.0. The molecule has 27 heavy (non-hydrogen) atoms. The van der Waals surface area contributed by atoms with Gasteiger partial charge in [0.1, 0.15) is 5.76 Å². The number of carbonyl (C=O) groups excluding carboxylic acids is 1. The molecule has 4 rings (SSSR count). The topological polar surface area (TPSA) is 46.3 Å². The molecule has 4 nitrogen and oxygen atoms in total. The average molecular weight is 356 g/mol. The van der Waals surface area contributed by atoms with Crippen LogP contribution < -0.4 is 0 Å². The first-order chi connectivity index (χ1) is 13.2. The van der Waals surface area contributed by atoms with Crippen molar-refractivity contribution in [1.29, 1.82) is 0 Å². The van der Waals surface area contributed by atoms with E-state index < -0.39 is 0 Å². The van der Waals surface area contributed by atoms with E-state index in [4.69, 9.17) is 4.42 Å². The van der Waals surface area contributed by atoms with E-state index in [2.05, 4.69) is 4.98 Å². The van der Waals surface area contributed by atoms with Gasteiger partial charge >= 0.3 is 0 Å². The molecule has 0 spiro atoms. The van der Waals surface area contributed by atoms with Crippen LogP contribution in [0, 0.1) is 6.92 Å². The minimum atomic E-state index is -0.0306. The highest BCUT2D eigenvalue weighted by Crippen LogP contribution is 2.22. The van der Waals surface area contributed by atoms with Crippen molar-refractivity contribution in [2.45, 2.75) is 20.0 Å². The van der Waals surface area contributed by atoms with Crippen molar-refractivity contribution in [2.75, 3.05) is 0 Å². The van der Waals surface area contributed by atoms with Gasteiger partial charge in [-0.25, -0.2) is 0 Å². The molecule has 2 aromatic carbocycles. The van der Waals surface area contributed by atoms with Crippen LogP contribution in [0.2, 0.25) is 0 Å². The number of aromatic nitrogens is 1. The Balaban J connectivity index is 1.74. The summed E-state index contributed by atoms with van der Waals surface area (Å²) in [6.45, 7) is 2.84. The van der Waals surface area contributed by atoms with Crippen LogP contribution in [0.15, 0.2) is 83.5 Å². The summed E-state index contributed by atoms with van der Waals surface area (Å²) in [5.74, 6) is 0.728. The summed E-state index contributed by atoms with van der Waals surface area (Å²) in [5, 5.41) is 0.866. The molecule has 0 atom stereocenters. The maximum Gasteiger partial charge on any atom is 0.255 e. The molecule has 4 heteroatoms.